The van der Waals surface area contributed by atoms with Crippen LogP contribution in [0.15, 0.2) is 0 Å². The highest BCUT2D eigenvalue weighted by atomic mass is 19.4. The first-order valence-corrected chi connectivity index (χ1v) is 3.78. The Labute approximate surface area is 78.4 Å². The normalized spacial score (nSPS) is 13.2. The van der Waals surface area contributed by atoms with Gasteiger partial charge in [0.1, 0.15) is 6.04 Å². The first-order valence-electron chi connectivity index (χ1n) is 3.78. The Balaban J connectivity index is 4.34. The Morgan fingerprint density at radius 2 is 1.93 bits per heavy atom. The van der Waals surface area contributed by atoms with Gasteiger partial charge < -0.3 is 10.1 Å². The molecule has 1 N–H and O–H groups in total. The number of ether oxygens (including phenoxy) is 1. The van der Waals surface area contributed by atoms with Crippen LogP contribution in [0.3, 0.4) is 0 Å². The van der Waals surface area contributed by atoms with E-state index in [1.165, 1.54) is 12.2 Å². The minimum Gasteiger partial charge on any atom is -0.467 e. The zero-order valence-corrected chi connectivity index (χ0v) is 7.64. The molecule has 0 unspecified atom stereocenters. The topological polar surface area (TPSA) is 55.4 Å². The molecule has 0 rings (SSSR count). The number of halogens is 3. The van der Waals surface area contributed by atoms with Gasteiger partial charge in [0.2, 0.25) is 0 Å². The first-order chi connectivity index (χ1) is 6.32. The summed E-state index contributed by atoms with van der Waals surface area (Å²) in [5, 5.41) is 1.52. The van der Waals surface area contributed by atoms with Gasteiger partial charge in [0.15, 0.2) is 0 Å². The van der Waals surface area contributed by atoms with Crippen LogP contribution in [0.1, 0.15) is 13.3 Å². The lowest BCUT2D eigenvalue weighted by Crippen LogP contribution is -2.46. The molecule has 4 nitrogen and oxygen atoms in total. The van der Waals surface area contributed by atoms with Crippen molar-refractivity contribution in [3.8, 4) is 0 Å². The van der Waals surface area contributed by atoms with Crippen LogP contribution >= 0.6 is 0 Å². The molecule has 0 aromatic rings. The fourth-order valence-electron chi connectivity index (χ4n) is 0.710. The van der Waals surface area contributed by atoms with Gasteiger partial charge in [-0.2, -0.15) is 13.2 Å². The molecule has 1 atom stereocenters. The summed E-state index contributed by atoms with van der Waals surface area (Å²) in [6.07, 6.45) is -4.95. The Kier molecular flexibility index (Phi) is 4.39. The molecular weight excluding hydrogens is 203 g/mol. The maximum atomic E-state index is 11.7. The van der Waals surface area contributed by atoms with Crippen LogP contribution in [0, 0.1) is 0 Å². The number of alkyl halides is 3. The third-order valence-corrected chi connectivity index (χ3v) is 1.46. The van der Waals surface area contributed by atoms with Gasteiger partial charge in [0.05, 0.1) is 7.11 Å². The monoisotopic (exact) mass is 213 g/mol. The highest BCUT2D eigenvalue weighted by Crippen LogP contribution is 2.14. The smallest absolute Gasteiger partial charge is 0.467 e. The van der Waals surface area contributed by atoms with E-state index in [9.17, 15) is 22.8 Å². The highest BCUT2D eigenvalue weighted by Gasteiger charge is 2.40. The summed E-state index contributed by atoms with van der Waals surface area (Å²) in [6, 6.07) is -1.26. The van der Waals surface area contributed by atoms with E-state index >= 15 is 0 Å². The minimum atomic E-state index is -4.98. The zero-order valence-electron chi connectivity index (χ0n) is 7.64. The van der Waals surface area contributed by atoms with Crippen LogP contribution in [0.25, 0.3) is 0 Å². The third-order valence-electron chi connectivity index (χ3n) is 1.46. The summed E-state index contributed by atoms with van der Waals surface area (Å²) >= 11 is 0. The molecule has 14 heavy (non-hydrogen) atoms. The van der Waals surface area contributed by atoms with Crippen molar-refractivity contribution < 1.29 is 27.5 Å². The second-order valence-corrected chi connectivity index (χ2v) is 2.46. The van der Waals surface area contributed by atoms with Crippen molar-refractivity contribution >= 4 is 11.9 Å². The van der Waals surface area contributed by atoms with Gasteiger partial charge >= 0.3 is 18.1 Å². The molecule has 1 amide bonds. The molecule has 82 valence electrons. The molecule has 0 aliphatic carbocycles. The SMILES string of the molecule is CC[C@@H](NC(=O)C(F)(F)F)C(=O)OC. The van der Waals surface area contributed by atoms with Crippen molar-refractivity contribution in [3.63, 3.8) is 0 Å². The van der Waals surface area contributed by atoms with E-state index in [0.29, 0.717) is 0 Å². The number of rotatable bonds is 3. The number of methoxy groups -OCH3 is 1. The Hall–Kier alpha value is -1.27. The maximum absolute atomic E-state index is 11.7. The van der Waals surface area contributed by atoms with Crippen molar-refractivity contribution in [2.45, 2.75) is 25.6 Å². The molecule has 0 bridgehead atoms. The second kappa shape index (κ2) is 4.83. The predicted molar refractivity (Wildman–Crippen MR) is 40.3 cm³/mol. The maximum Gasteiger partial charge on any atom is 0.471 e. The van der Waals surface area contributed by atoms with E-state index in [2.05, 4.69) is 4.74 Å². The lowest BCUT2D eigenvalue weighted by Gasteiger charge is -2.15. The predicted octanol–water partition coefficient (Wildman–Crippen LogP) is 0.616. The molecule has 0 aliphatic heterocycles. The van der Waals surface area contributed by atoms with E-state index in [-0.39, 0.29) is 6.42 Å². The van der Waals surface area contributed by atoms with Crippen molar-refractivity contribution in [1.29, 1.82) is 0 Å². The van der Waals surface area contributed by atoms with Crippen molar-refractivity contribution in [1.82, 2.24) is 5.32 Å². The lowest BCUT2D eigenvalue weighted by molar-refractivity contribution is -0.175. The number of carbonyl (C=O) groups excluding carboxylic acids is 2. The summed E-state index contributed by atoms with van der Waals surface area (Å²) in [5.74, 6) is -3.04. The van der Waals surface area contributed by atoms with Gasteiger partial charge in [-0.3, -0.25) is 4.79 Å². The van der Waals surface area contributed by atoms with Gasteiger partial charge in [-0.25, -0.2) is 4.79 Å². The molecule has 0 fully saturated rings. The molecule has 0 spiro atoms. The fourth-order valence-corrected chi connectivity index (χ4v) is 0.710. The molecule has 0 saturated heterocycles. The molecule has 0 radical (unpaired) electrons. The molecule has 0 aromatic carbocycles. The molecule has 7 heteroatoms. The standard InChI is InChI=1S/C7H10F3NO3/c1-3-4(5(12)14-2)11-6(13)7(8,9)10/h4H,3H2,1-2H3,(H,11,13)/t4-/m1/s1. The van der Waals surface area contributed by atoms with Gasteiger partial charge in [-0.1, -0.05) is 6.92 Å². The molecule has 0 aromatic heterocycles. The summed E-state index contributed by atoms with van der Waals surface area (Å²) in [7, 11) is 1.03. The summed E-state index contributed by atoms with van der Waals surface area (Å²) < 4.78 is 39.4. The summed E-state index contributed by atoms with van der Waals surface area (Å²) in [4.78, 5) is 21.2. The van der Waals surface area contributed by atoms with Crippen LogP contribution in [0.2, 0.25) is 0 Å². The van der Waals surface area contributed by atoms with E-state index in [4.69, 9.17) is 0 Å². The first kappa shape index (κ1) is 12.7. The van der Waals surface area contributed by atoms with Gasteiger partial charge in [0.25, 0.3) is 0 Å². The van der Waals surface area contributed by atoms with Crippen molar-refractivity contribution in [2.75, 3.05) is 7.11 Å². The Morgan fingerprint density at radius 1 is 1.43 bits per heavy atom. The summed E-state index contributed by atoms with van der Waals surface area (Å²) in [5.41, 5.74) is 0. The van der Waals surface area contributed by atoms with Crippen molar-refractivity contribution in [3.05, 3.63) is 0 Å². The van der Waals surface area contributed by atoms with Crippen molar-refractivity contribution in [2.24, 2.45) is 0 Å². The number of hydrogen-bond acceptors (Lipinski definition) is 3. The molecule has 0 saturated carbocycles. The number of hydrogen-bond donors (Lipinski definition) is 1. The van der Waals surface area contributed by atoms with E-state index in [1.807, 2.05) is 0 Å². The van der Waals surface area contributed by atoms with Crippen LogP contribution in [-0.2, 0) is 14.3 Å². The molecular formula is C7H10F3NO3. The van der Waals surface area contributed by atoms with Crippen LogP contribution in [0.4, 0.5) is 13.2 Å². The Bertz CT molecular complexity index is 227. The summed E-state index contributed by atoms with van der Waals surface area (Å²) in [6.45, 7) is 1.46. The highest BCUT2D eigenvalue weighted by molar-refractivity contribution is 5.87. The van der Waals surface area contributed by atoms with E-state index < -0.39 is 24.1 Å². The van der Waals surface area contributed by atoms with E-state index in [1.54, 1.807) is 0 Å². The van der Waals surface area contributed by atoms with Crippen LogP contribution in [-0.4, -0.2) is 31.2 Å². The molecule has 0 aliphatic rings. The third kappa shape index (κ3) is 3.63. The van der Waals surface area contributed by atoms with Crippen LogP contribution in [0.5, 0.6) is 0 Å². The van der Waals surface area contributed by atoms with Gasteiger partial charge in [0, 0.05) is 0 Å². The average Bonchev–Trinajstić information content (AvgIpc) is 2.10. The van der Waals surface area contributed by atoms with Gasteiger partial charge in [-0.05, 0) is 6.42 Å². The number of carbonyl (C=O) groups is 2. The number of amides is 1. The lowest BCUT2D eigenvalue weighted by atomic mass is 10.2. The number of nitrogens with one attached hydrogen (secondary N) is 1. The second-order valence-electron chi connectivity index (χ2n) is 2.46. The van der Waals surface area contributed by atoms with E-state index in [0.717, 1.165) is 7.11 Å². The fraction of sp³-hybridized carbons (Fsp3) is 0.714. The molecule has 0 heterocycles. The average molecular weight is 213 g/mol. The number of esters is 1. The van der Waals surface area contributed by atoms with Crippen LogP contribution < -0.4 is 5.32 Å². The minimum absolute atomic E-state index is 0.0362. The quantitative estimate of drug-likeness (QED) is 0.699. The Morgan fingerprint density at radius 3 is 2.21 bits per heavy atom. The zero-order chi connectivity index (χ0) is 11.4. The largest absolute Gasteiger partial charge is 0.471 e. The van der Waals surface area contributed by atoms with Gasteiger partial charge in [-0.15, -0.1) is 0 Å².